The summed E-state index contributed by atoms with van der Waals surface area (Å²) in [5.41, 5.74) is 10.5. The van der Waals surface area contributed by atoms with Crippen LogP contribution in [0.4, 0.5) is 0 Å². The number of rotatable bonds is 7. The van der Waals surface area contributed by atoms with Crippen molar-refractivity contribution in [3.8, 4) is 0 Å². The molecule has 0 bridgehead atoms. The van der Waals surface area contributed by atoms with Gasteiger partial charge in [-0.1, -0.05) is 18.5 Å². The molecule has 0 spiro atoms. The molecule has 2 amide bonds. The normalized spacial score (nSPS) is 13.2. The van der Waals surface area contributed by atoms with Gasteiger partial charge in [0.25, 0.3) is 0 Å². The summed E-state index contributed by atoms with van der Waals surface area (Å²) in [6.07, 6.45) is 1.17. The van der Waals surface area contributed by atoms with Crippen LogP contribution in [-0.4, -0.2) is 40.8 Å². The second-order valence-corrected chi connectivity index (χ2v) is 3.68. The zero-order chi connectivity index (χ0) is 13.4. The van der Waals surface area contributed by atoms with Crippen molar-refractivity contribution in [2.75, 3.05) is 13.1 Å². The minimum Gasteiger partial charge on any atom is -0.409 e. The number of amides is 2. The van der Waals surface area contributed by atoms with Gasteiger partial charge in [0.1, 0.15) is 0 Å². The number of nitrogens with two attached hydrogens (primary N) is 2. The predicted octanol–water partition coefficient (Wildman–Crippen LogP) is -0.517. The van der Waals surface area contributed by atoms with Gasteiger partial charge in [0.05, 0.1) is 12.5 Å². The Bertz CT molecular complexity index is 304. The number of nitrogens with zero attached hydrogens (tertiary/aromatic N) is 2. The minimum atomic E-state index is -0.704. The van der Waals surface area contributed by atoms with E-state index in [2.05, 4.69) is 5.16 Å². The molecule has 0 aromatic heterocycles. The molecule has 98 valence electrons. The number of hydrogen-bond donors (Lipinski definition) is 3. The smallest absolute Gasteiger partial charge is 0.237 e. The number of likely N-dealkylation sites (N-methyl/N-ethyl adjacent to an activating group) is 1. The van der Waals surface area contributed by atoms with E-state index in [1.165, 1.54) is 4.90 Å². The topological polar surface area (TPSA) is 122 Å². The Balaban J connectivity index is 4.84. The summed E-state index contributed by atoms with van der Waals surface area (Å²) in [4.78, 5) is 24.1. The highest BCUT2D eigenvalue weighted by atomic mass is 16.4. The Morgan fingerprint density at radius 1 is 1.35 bits per heavy atom. The largest absolute Gasteiger partial charge is 0.409 e. The van der Waals surface area contributed by atoms with Gasteiger partial charge in [-0.15, -0.1) is 0 Å². The predicted molar refractivity (Wildman–Crippen MR) is 63.3 cm³/mol. The maximum Gasteiger partial charge on any atom is 0.237 e. The average molecular weight is 244 g/mol. The fraction of sp³-hybridized carbons (Fsp3) is 0.700. The number of amidine groups is 1. The summed E-state index contributed by atoms with van der Waals surface area (Å²) in [6.45, 7) is 3.81. The molecule has 0 fully saturated rings. The van der Waals surface area contributed by atoms with E-state index < -0.39 is 11.8 Å². The van der Waals surface area contributed by atoms with Crippen molar-refractivity contribution in [1.29, 1.82) is 0 Å². The number of oxime groups is 1. The van der Waals surface area contributed by atoms with E-state index >= 15 is 0 Å². The standard InChI is InChI=1S/C10H20N4O3/c1-3-5-7(9(12)13-17)10(16)14(4-2)6-8(11)15/h7,17H,3-6H2,1-2H3,(H2,11,15)(H2,12,13). The number of carbonyl (C=O) groups excluding carboxylic acids is 2. The van der Waals surface area contributed by atoms with Gasteiger partial charge >= 0.3 is 0 Å². The molecule has 7 heteroatoms. The van der Waals surface area contributed by atoms with Crippen molar-refractivity contribution >= 4 is 17.6 Å². The molecule has 0 rings (SSSR count). The average Bonchev–Trinajstić information content (AvgIpc) is 2.30. The molecule has 0 aliphatic carbocycles. The van der Waals surface area contributed by atoms with Crippen LogP contribution in [0.2, 0.25) is 0 Å². The van der Waals surface area contributed by atoms with Crippen LogP contribution in [0.15, 0.2) is 5.16 Å². The first-order chi connectivity index (χ1) is 7.97. The highest BCUT2D eigenvalue weighted by molar-refractivity contribution is 6.02. The Hall–Kier alpha value is -1.79. The first-order valence-corrected chi connectivity index (χ1v) is 5.52. The van der Waals surface area contributed by atoms with Crippen molar-refractivity contribution in [2.24, 2.45) is 22.5 Å². The van der Waals surface area contributed by atoms with Crippen LogP contribution in [0.5, 0.6) is 0 Å². The molecule has 0 aromatic rings. The molecule has 7 nitrogen and oxygen atoms in total. The summed E-state index contributed by atoms with van der Waals surface area (Å²) in [5.74, 6) is -1.78. The fourth-order valence-corrected chi connectivity index (χ4v) is 1.51. The molecule has 0 saturated heterocycles. The number of carbonyl (C=O) groups is 2. The fourth-order valence-electron chi connectivity index (χ4n) is 1.51. The SMILES string of the molecule is CCCC(C(=O)N(CC)CC(N)=O)C(N)=NO. The summed E-state index contributed by atoms with van der Waals surface area (Å²) in [5, 5.41) is 11.5. The molecule has 0 saturated carbocycles. The van der Waals surface area contributed by atoms with E-state index in [1.54, 1.807) is 6.92 Å². The number of primary amides is 1. The van der Waals surface area contributed by atoms with E-state index in [0.717, 1.165) is 0 Å². The Labute approximate surface area is 100 Å². The lowest BCUT2D eigenvalue weighted by molar-refractivity contribution is -0.137. The Morgan fingerprint density at radius 3 is 2.29 bits per heavy atom. The Morgan fingerprint density at radius 2 is 1.94 bits per heavy atom. The third-order valence-electron chi connectivity index (χ3n) is 2.39. The van der Waals surface area contributed by atoms with Gasteiger partial charge in [0.15, 0.2) is 5.84 Å². The van der Waals surface area contributed by atoms with E-state index in [1.807, 2.05) is 6.92 Å². The minimum absolute atomic E-state index is 0.139. The van der Waals surface area contributed by atoms with Crippen molar-refractivity contribution in [2.45, 2.75) is 26.7 Å². The van der Waals surface area contributed by atoms with Crippen LogP contribution >= 0.6 is 0 Å². The maximum absolute atomic E-state index is 12.0. The molecule has 0 aliphatic heterocycles. The molecule has 1 atom stereocenters. The summed E-state index contributed by atoms with van der Waals surface area (Å²) >= 11 is 0. The Kier molecular flexibility index (Phi) is 6.69. The zero-order valence-corrected chi connectivity index (χ0v) is 10.2. The van der Waals surface area contributed by atoms with Crippen LogP contribution in [0.1, 0.15) is 26.7 Å². The van der Waals surface area contributed by atoms with Crippen LogP contribution in [0, 0.1) is 5.92 Å². The third kappa shape index (κ3) is 4.71. The second-order valence-electron chi connectivity index (χ2n) is 3.68. The van der Waals surface area contributed by atoms with Gasteiger partial charge in [-0.3, -0.25) is 9.59 Å². The van der Waals surface area contributed by atoms with Gasteiger partial charge in [0.2, 0.25) is 11.8 Å². The zero-order valence-electron chi connectivity index (χ0n) is 10.2. The first-order valence-electron chi connectivity index (χ1n) is 5.52. The molecule has 0 heterocycles. The summed E-state index contributed by atoms with van der Waals surface area (Å²) < 4.78 is 0. The molecule has 0 aliphatic rings. The van der Waals surface area contributed by atoms with E-state index in [9.17, 15) is 9.59 Å². The van der Waals surface area contributed by atoms with Crippen LogP contribution in [0.3, 0.4) is 0 Å². The lowest BCUT2D eigenvalue weighted by Crippen LogP contribution is -2.45. The van der Waals surface area contributed by atoms with E-state index in [-0.39, 0.29) is 18.3 Å². The van der Waals surface area contributed by atoms with Gasteiger partial charge in [-0.2, -0.15) is 0 Å². The first kappa shape index (κ1) is 15.2. The molecule has 17 heavy (non-hydrogen) atoms. The maximum atomic E-state index is 12.0. The third-order valence-corrected chi connectivity index (χ3v) is 2.39. The van der Waals surface area contributed by atoms with E-state index in [0.29, 0.717) is 19.4 Å². The number of hydrogen-bond acceptors (Lipinski definition) is 4. The van der Waals surface area contributed by atoms with Gasteiger partial charge in [0, 0.05) is 6.54 Å². The highest BCUT2D eigenvalue weighted by Gasteiger charge is 2.27. The lowest BCUT2D eigenvalue weighted by atomic mass is 10.0. The van der Waals surface area contributed by atoms with Crippen LogP contribution in [0.25, 0.3) is 0 Å². The summed E-state index contributed by atoms with van der Waals surface area (Å²) in [7, 11) is 0. The van der Waals surface area contributed by atoms with E-state index in [4.69, 9.17) is 16.7 Å². The van der Waals surface area contributed by atoms with Crippen LogP contribution in [-0.2, 0) is 9.59 Å². The van der Waals surface area contributed by atoms with Gasteiger partial charge in [-0.25, -0.2) is 0 Å². The molecule has 5 N–H and O–H groups in total. The van der Waals surface area contributed by atoms with Crippen molar-refractivity contribution < 1.29 is 14.8 Å². The molecular weight excluding hydrogens is 224 g/mol. The highest BCUT2D eigenvalue weighted by Crippen LogP contribution is 2.11. The molecular formula is C10H20N4O3. The van der Waals surface area contributed by atoms with Crippen molar-refractivity contribution in [3.05, 3.63) is 0 Å². The monoisotopic (exact) mass is 244 g/mol. The summed E-state index contributed by atoms with van der Waals surface area (Å²) in [6, 6.07) is 0. The van der Waals surface area contributed by atoms with Crippen molar-refractivity contribution in [1.82, 2.24) is 4.90 Å². The molecule has 1 unspecified atom stereocenters. The van der Waals surface area contributed by atoms with Gasteiger partial charge in [-0.05, 0) is 13.3 Å². The van der Waals surface area contributed by atoms with Crippen LogP contribution < -0.4 is 11.5 Å². The van der Waals surface area contributed by atoms with Gasteiger partial charge < -0.3 is 21.6 Å². The van der Waals surface area contributed by atoms with Crippen molar-refractivity contribution in [3.63, 3.8) is 0 Å². The molecule has 0 radical (unpaired) electrons. The lowest BCUT2D eigenvalue weighted by Gasteiger charge is -2.24. The molecule has 0 aromatic carbocycles. The second kappa shape index (κ2) is 7.48. The quantitative estimate of drug-likeness (QED) is 0.241.